The van der Waals surface area contributed by atoms with Crippen LogP contribution in [0.1, 0.15) is 106 Å². The maximum Gasteiger partial charge on any atom is 0.157 e. The number of benzene rings is 1. The zero-order chi connectivity index (χ0) is 25.4. The fourth-order valence-corrected chi connectivity index (χ4v) is 8.23. The summed E-state index contributed by atoms with van der Waals surface area (Å²) in [6.45, 7) is 12.9. The molecule has 3 aliphatic rings. The van der Waals surface area contributed by atoms with E-state index in [2.05, 4.69) is 34.6 Å². The minimum Gasteiger partial charge on any atom is -0.507 e. The van der Waals surface area contributed by atoms with Gasteiger partial charge in [0.2, 0.25) is 0 Å². The van der Waals surface area contributed by atoms with Crippen molar-refractivity contribution in [3.63, 3.8) is 0 Å². The van der Waals surface area contributed by atoms with E-state index in [0.29, 0.717) is 30.8 Å². The van der Waals surface area contributed by atoms with Crippen molar-refractivity contribution in [3.8, 4) is 17.2 Å². The molecule has 4 N–H and O–H groups in total. The third kappa shape index (κ3) is 3.39. The molecule has 1 aromatic carbocycles. The van der Waals surface area contributed by atoms with Crippen LogP contribution in [0.4, 0.5) is 0 Å². The van der Waals surface area contributed by atoms with Crippen LogP contribution < -0.4 is 0 Å². The Bertz CT molecular complexity index is 974. The molecule has 1 aromatic rings. The van der Waals surface area contributed by atoms with Gasteiger partial charge in [0.15, 0.2) is 12.6 Å². The summed E-state index contributed by atoms with van der Waals surface area (Å²) in [7, 11) is 0. The van der Waals surface area contributed by atoms with Gasteiger partial charge in [0.05, 0.1) is 16.7 Å². The highest BCUT2D eigenvalue weighted by atomic mass is 16.3. The lowest BCUT2D eigenvalue weighted by Crippen LogP contribution is -2.42. The van der Waals surface area contributed by atoms with E-state index < -0.39 is 22.8 Å². The van der Waals surface area contributed by atoms with Gasteiger partial charge < -0.3 is 20.4 Å². The summed E-state index contributed by atoms with van der Waals surface area (Å²) in [6, 6.07) is 0. The molecule has 0 aromatic heterocycles. The lowest BCUT2D eigenvalue weighted by molar-refractivity contribution is -0.0441. The second-order valence-corrected chi connectivity index (χ2v) is 12.7. The molecule has 188 valence electrons. The van der Waals surface area contributed by atoms with Gasteiger partial charge >= 0.3 is 0 Å². The molecule has 34 heavy (non-hydrogen) atoms. The van der Waals surface area contributed by atoms with Gasteiger partial charge in [0.1, 0.15) is 17.2 Å². The number of hydrogen-bond donors (Lipinski definition) is 4. The molecule has 4 rings (SSSR count). The predicted molar refractivity (Wildman–Crippen MR) is 129 cm³/mol. The summed E-state index contributed by atoms with van der Waals surface area (Å²) in [6.07, 6.45) is 4.71. The van der Waals surface area contributed by atoms with Crippen molar-refractivity contribution in [1.29, 1.82) is 0 Å². The monoisotopic (exact) mass is 472 g/mol. The van der Waals surface area contributed by atoms with Crippen molar-refractivity contribution < 1.29 is 30.0 Å². The minimum atomic E-state index is -0.782. The fourth-order valence-electron chi connectivity index (χ4n) is 8.23. The first-order valence-corrected chi connectivity index (χ1v) is 12.7. The van der Waals surface area contributed by atoms with Gasteiger partial charge in [-0.1, -0.05) is 34.6 Å². The zero-order valence-corrected chi connectivity index (χ0v) is 21.3. The number of aliphatic hydroxyl groups is 1. The number of rotatable bonds is 6. The number of phenols is 3. The molecule has 0 radical (unpaired) electrons. The number of phenolic OH excluding ortho intramolecular Hbond substituents is 3. The van der Waals surface area contributed by atoms with Gasteiger partial charge in [-0.05, 0) is 85.4 Å². The summed E-state index contributed by atoms with van der Waals surface area (Å²) in [4.78, 5) is 23.6. The molecule has 6 nitrogen and oxygen atoms in total. The van der Waals surface area contributed by atoms with Crippen molar-refractivity contribution in [2.24, 2.45) is 40.4 Å². The van der Waals surface area contributed by atoms with Gasteiger partial charge in [-0.3, -0.25) is 9.59 Å². The maximum absolute atomic E-state index is 11.8. The SMILES string of the molecule is CC(C)C[C@H](c1c(O)c(C=O)c(O)c(C=O)c1O)C1(C)CC[C@@H]2[C@H]1C1C(CC[C@@]2(C)O)C1(C)C. The Labute approximate surface area is 202 Å². The summed E-state index contributed by atoms with van der Waals surface area (Å²) in [5.41, 5.74) is -1.55. The van der Waals surface area contributed by atoms with Crippen LogP contribution in [0, 0.1) is 40.4 Å². The summed E-state index contributed by atoms with van der Waals surface area (Å²) in [5, 5.41) is 44.1. The summed E-state index contributed by atoms with van der Waals surface area (Å²) in [5.74, 6) is -0.524. The molecule has 0 saturated heterocycles. The largest absolute Gasteiger partial charge is 0.507 e. The van der Waals surface area contributed by atoms with Crippen molar-refractivity contribution in [2.75, 3.05) is 0 Å². The molecule has 0 heterocycles. The molecule has 3 unspecified atom stereocenters. The molecular weight excluding hydrogens is 432 g/mol. The molecule has 3 fully saturated rings. The van der Waals surface area contributed by atoms with Crippen molar-refractivity contribution in [3.05, 3.63) is 16.7 Å². The molecule has 3 saturated carbocycles. The average molecular weight is 473 g/mol. The van der Waals surface area contributed by atoms with E-state index in [0.717, 1.165) is 25.7 Å². The third-order valence-corrected chi connectivity index (χ3v) is 10.1. The Morgan fingerprint density at radius 3 is 1.88 bits per heavy atom. The molecule has 0 amide bonds. The summed E-state index contributed by atoms with van der Waals surface area (Å²) < 4.78 is 0. The van der Waals surface area contributed by atoms with Gasteiger partial charge in [-0.2, -0.15) is 0 Å². The van der Waals surface area contributed by atoms with Crippen molar-refractivity contribution >= 4 is 12.6 Å². The van der Waals surface area contributed by atoms with Crippen LogP contribution in [0.15, 0.2) is 0 Å². The Balaban J connectivity index is 1.94. The molecule has 0 aliphatic heterocycles. The summed E-state index contributed by atoms with van der Waals surface area (Å²) >= 11 is 0. The van der Waals surface area contributed by atoms with E-state index in [1.54, 1.807) is 0 Å². The lowest BCUT2D eigenvalue weighted by atomic mass is 9.59. The quantitative estimate of drug-likeness (QED) is 0.412. The van der Waals surface area contributed by atoms with Gasteiger partial charge in [0, 0.05) is 5.56 Å². The Morgan fingerprint density at radius 2 is 1.38 bits per heavy atom. The Kier molecular flexibility index (Phi) is 5.87. The topological polar surface area (TPSA) is 115 Å². The maximum atomic E-state index is 11.8. The Morgan fingerprint density at radius 1 is 0.853 bits per heavy atom. The van der Waals surface area contributed by atoms with Crippen LogP contribution in [0.25, 0.3) is 0 Å². The number of aromatic hydroxyl groups is 3. The molecule has 7 atom stereocenters. The van der Waals surface area contributed by atoms with Gasteiger partial charge in [0.25, 0.3) is 0 Å². The van der Waals surface area contributed by atoms with Crippen LogP contribution in [0.5, 0.6) is 17.2 Å². The van der Waals surface area contributed by atoms with Crippen molar-refractivity contribution in [1.82, 2.24) is 0 Å². The second kappa shape index (κ2) is 7.97. The number of aldehydes is 2. The van der Waals surface area contributed by atoms with Crippen LogP contribution in [-0.4, -0.2) is 38.6 Å². The number of hydrogen-bond acceptors (Lipinski definition) is 6. The van der Waals surface area contributed by atoms with Gasteiger partial charge in [-0.15, -0.1) is 0 Å². The molecular formula is C28H40O6. The number of fused-ring (bicyclic) bond motifs is 3. The van der Waals surface area contributed by atoms with Crippen LogP contribution in [0.2, 0.25) is 0 Å². The number of carbonyl (C=O) groups excluding carboxylic acids is 2. The van der Waals surface area contributed by atoms with Crippen LogP contribution in [0.3, 0.4) is 0 Å². The Hall–Kier alpha value is -2.08. The van der Waals surface area contributed by atoms with Gasteiger partial charge in [-0.25, -0.2) is 0 Å². The van der Waals surface area contributed by atoms with Crippen LogP contribution in [-0.2, 0) is 0 Å². The predicted octanol–water partition coefficient (Wildman–Crippen LogP) is 5.41. The average Bonchev–Trinajstić information content (AvgIpc) is 3.13. The zero-order valence-electron chi connectivity index (χ0n) is 21.3. The van der Waals surface area contributed by atoms with E-state index >= 15 is 0 Å². The van der Waals surface area contributed by atoms with E-state index in [1.807, 2.05) is 6.92 Å². The highest BCUT2D eigenvalue weighted by Crippen LogP contribution is 2.76. The third-order valence-electron chi connectivity index (χ3n) is 10.1. The van der Waals surface area contributed by atoms with E-state index in [4.69, 9.17) is 0 Å². The van der Waals surface area contributed by atoms with E-state index in [9.17, 15) is 30.0 Å². The van der Waals surface area contributed by atoms with E-state index in [-0.39, 0.29) is 51.2 Å². The van der Waals surface area contributed by atoms with Crippen LogP contribution >= 0.6 is 0 Å². The molecule has 3 aliphatic carbocycles. The first kappa shape index (κ1) is 25.0. The van der Waals surface area contributed by atoms with Crippen molar-refractivity contribution in [2.45, 2.75) is 85.2 Å². The minimum absolute atomic E-state index is 0.0985. The lowest BCUT2D eigenvalue weighted by Gasteiger charge is -2.45. The number of carbonyl (C=O) groups is 2. The first-order chi connectivity index (χ1) is 15.7. The normalized spacial score (nSPS) is 36.9. The highest BCUT2D eigenvalue weighted by Gasteiger charge is 2.70. The first-order valence-electron chi connectivity index (χ1n) is 12.7. The highest BCUT2D eigenvalue weighted by molar-refractivity contribution is 5.95. The standard InChI is InChI=1S/C28H40O6/c1-14(2)11-19(20-24(32)15(12-29)23(31)16(13-30)25(20)33)27(5)9-7-18-22(27)21-17(26(21,3)4)8-10-28(18,6)34/h12-14,17-19,21-22,31-34H,7-11H2,1-6H3/t17?,18-,19-,21?,22+,27?,28-/m1/s1. The fraction of sp³-hybridized carbons (Fsp3) is 0.714. The smallest absolute Gasteiger partial charge is 0.157 e. The second-order valence-electron chi connectivity index (χ2n) is 12.7. The molecule has 0 bridgehead atoms. The molecule has 0 spiro atoms. The molecule has 6 heteroatoms. The van der Waals surface area contributed by atoms with E-state index in [1.165, 1.54) is 0 Å².